The van der Waals surface area contributed by atoms with Crippen LogP contribution in [0.3, 0.4) is 0 Å². The van der Waals surface area contributed by atoms with Gasteiger partial charge in [0, 0.05) is 30.9 Å². The van der Waals surface area contributed by atoms with Crippen LogP contribution in [0.4, 0.5) is 30.7 Å². The van der Waals surface area contributed by atoms with Crippen molar-refractivity contribution in [3.8, 4) is 16.8 Å². The Balaban J connectivity index is 0.000000473. The number of hydrogen-bond donors (Lipinski definition) is 2. The van der Waals surface area contributed by atoms with Gasteiger partial charge in [-0.25, -0.2) is 41.3 Å². The molecule has 6 rings (SSSR count). The number of aromatic nitrogens is 5. The zero-order chi connectivity index (χ0) is 42.1. The number of benzene rings is 2. The molecule has 0 saturated heterocycles. The largest absolute Gasteiger partial charge is 0.382 e. The third-order valence-electron chi connectivity index (χ3n) is 7.48. The number of nitrogens with zero attached hydrogens (tertiary/aromatic N) is 7. The molecule has 0 radical (unpaired) electrons. The predicted molar refractivity (Wildman–Crippen MR) is 195 cm³/mol. The lowest BCUT2D eigenvalue weighted by molar-refractivity contribution is -0.130. The SMILES string of the molecule is CC.CC(C)(C)C.COC[C@H](c1ccc(Cl)c(-n2ncnc2C(F)F)c1)N1C(=O)[C@@H](c2ccc(-c3cnn(C(F)F)c3)c(F)c2)N=C1N.O=CN[C@@H]1CC1(F)F. The molecule has 1 fully saturated rings. The van der Waals surface area contributed by atoms with Crippen LogP contribution >= 0.6 is 11.6 Å². The van der Waals surface area contributed by atoms with Crippen LogP contribution in [0.25, 0.3) is 16.8 Å². The van der Waals surface area contributed by atoms with Crippen LogP contribution in [0.2, 0.25) is 5.02 Å². The zero-order valence-corrected chi connectivity index (χ0v) is 32.3. The van der Waals surface area contributed by atoms with Crippen molar-refractivity contribution in [2.75, 3.05) is 13.7 Å². The highest BCUT2D eigenvalue weighted by Gasteiger charge is 2.57. The highest BCUT2D eigenvalue weighted by atomic mass is 35.5. The maximum Gasteiger partial charge on any atom is 0.333 e. The molecular weight excluding hydrogens is 775 g/mol. The fraction of sp³-hybridized carbons (Fsp3) is 0.444. The number of guanidine groups is 1. The Morgan fingerprint density at radius 3 is 2.23 bits per heavy atom. The number of rotatable bonds is 11. The molecular formula is C36H43ClF7N9O3. The molecule has 1 aliphatic carbocycles. The van der Waals surface area contributed by atoms with E-state index in [-0.39, 0.29) is 46.4 Å². The van der Waals surface area contributed by atoms with Crippen molar-refractivity contribution in [3.63, 3.8) is 0 Å². The van der Waals surface area contributed by atoms with E-state index in [1.165, 1.54) is 31.4 Å². The van der Waals surface area contributed by atoms with Crippen LogP contribution in [0, 0.1) is 11.2 Å². The molecule has 3 N–H and O–H groups in total. The number of aliphatic imine (C=N–C) groups is 1. The smallest absolute Gasteiger partial charge is 0.333 e. The first-order valence-corrected chi connectivity index (χ1v) is 17.5. The maximum atomic E-state index is 15.0. The van der Waals surface area contributed by atoms with Crippen molar-refractivity contribution in [3.05, 3.63) is 82.9 Å². The Bertz CT molecular complexity index is 1960. The lowest BCUT2D eigenvalue weighted by Crippen LogP contribution is -2.42. The molecule has 20 heteroatoms. The molecule has 0 unspecified atom stereocenters. The summed E-state index contributed by atoms with van der Waals surface area (Å²) < 4.78 is 97.8. The molecule has 4 aromatic rings. The Morgan fingerprint density at radius 2 is 1.73 bits per heavy atom. The molecule has 3 atom stereocenters. The monoisotopic (exact) mass is 817 g/mol. The number of halogens is 8. The molecule has 3 heterocycles. The lowest BCUT2D eigenvalue weighted by atomic mass is 10.0. The summed E-state index contributed by atoms with van der Waals surface area (Å²) in [5, 5.41) is 9.43. The maximum absolute atomic E-state index is 15.0. The summed E-state index contributed by atoms with van der Waals surface area (Å²) in [7, 11) is 1.39. The third kappa shape index (κ3) is 11.5. The summed E-state index contributed by atoms with van der Waals surface area (Å²) in [6.07, 6.45) is 0.231. The van der Waals surface area contributed by atoms with Gasteiger partial charge in [-0.1, -0.05) is 71.3 Å². The Hall–Kier alpha value is -5.04. The van der Waals surface area contributed by atoms with Crippen LogP contribution in [-0.4, -0.2) is 73.4 Å². The minimum absolute atomic E-state index is 0.00198. The first kappa shape index (κ1) is 45.4. The van der Waals surface area contributed by atoms with Crippen LogP contribution in [0.5, 0.6) is 0 Å². The van der Waals surface area contributed by atoms with Crippen molar-refractivity contribution >= 4 is 29.9 Å². The van der Waals surface area contributed by atoms with E-state index in [4.69, 9.17) is 22.1 Å². The topological polar surface area (TPSA) is 146 Å². The zero-order valence-electron chi connectivity index (χ0n) is 31.5. The van der Waals surface area contributed by atoms with Gasteiger partial charge < -0.3 is 15.8 Å². The van der Waals surface area contributed by atoms with Crippen LogP contribution in [-0.2, 0) is 14.3 Å². The summed E-state index contributed by atoms with van der Waals surface area (Å²) in [6.45, 7) is 9.79. The number of hydrogen-bond acceptors (Lipinski definition) is 8. The molecule has 1 saturated carbocycles. The molecule has 2 amide bonds. The van der Waals surface area contributed by atoms with Gasteiger partial charge in [0.25, 0.3) is 18.3 Å². The van der Waals surface area contributed by atoms with E-state index in [2.05, 4.69) is 47.9 Å². The van der Waals surface area contributed by atoms with Crippen LogP contribution in [0.1, 0.15) is 90.0 Å². The van der Waals surface area contributed by atoms with Gasteiger partial charge in [0.15, 0.2) is 17.8 Å². The Labute approximate surface area is 323 Å². The molecule has 56 heavy (non-hydrogen) atoms. The molecule has 2 aliphatic rings. The van der Waals surface area contributed by atoms with Gasteiger partial charge in [0.2, 0.25) is 6.41 Å². The van der Waals surface area contributed by atoms with Gasteiger partial charge in [-0.2, -0.15) is 19.0 Å². The summed E-state index contributed by atoms with van der Waals surface area (Å²) in [5.41, 5.74) is 7.44. The summed E-state index contributed by atoms with van der Waals surface area (Å²) in [4.78, 5) is 32.0. The van der Waals surface area contributed by atoms with Crippen LogP contribution < -0.4 is 11.1 Å². The minimum atomic E-state index is -2.93. The average molecular weight is 818 g/mol. The quantitative estimate of drug-likeness (QED) is 0.115. The minimum Gasteiger partial charge on any atom is -0.382 e. The predicted octanol–water partition coefficient (Wildman–Crippen LogP) is 8.06. The van der Waals surface area contributed by atoms with Gasteiger partial charge in [-0.3, -0.25) is 14.5 Å². The van der Waals surface area contributed by atoms with E-state index < -0.39 is 54.6 Å². The average Bonchev–Trinajstić information content (AvgIpc) is 3.60. The summed E-state index contributed by atoms with van der Waals surface area (Å²) in [6, 6.07) is 5.32. The second kappa shape index (κ2) is 19.2. The lowest BCUT2D eigenvalue weighted by Gasteiger charge is -2.28. The number of nitrogens with one attached hydrogen (secondary N) is 1. The number of amides is 2. The standard InChI is InChI=1S/C25H20ClF5N8O2.C5H12.C4H5F2NO.C2H6/c1-41-10-19(12-3-5-16(26)18(7-12)39-22(21(28)29)33-11-35-39)38-23(40)20(36-25(38)32)13-2-4-15(17(27)6-13)14-8-34-37(9-14)24(30)31;1-5(2,3)4;5-4(6)1-3(4)7-2-8;1-2/h2-9,11,19-21,24H,10H2,1H3,(H2,32,36);1-4H3;2-3H,1H2,(H,7,8);1-2H3/t19-,20-;;3-;/m1.1./s1. The fourth-order valence-electron chi connectivity index (χ4n) is 4.98. The van der Waals surface area contributed by atoms with Crippen molar-refractivity contribution in [2.24, 2.45) is 16.1 Å². The molecule has 2 aromatic heterocycles. The number of nitrogens with two attached hydrogens (primary N) is 1. The van der Waals surface area contributed by atoms with Gasteiger partial charge in [-0.05, 0) is 34.7 Å². The van der Waals surface area contributed by atoms with Crippen molar-refractivity contribution in [2.45, 2.75) is 85.0 Å². The summed E-state index contributed by atoms with van der Waals surface area (Å²) >= 11 is 6.28. The highest BCUT2D eigenvalue weighted by molar-refractivity contribution is 6.32. The van der Waals surface area contributed by atoms with Crippen LogP contribution in [0.15, 0.2) is 60.1 Å². The van der Waals surface area contributed by atoms with E-state index in [1.54, 1.807) is 6.07 Å². The fourth-order valence-corrected chi connectivity index (χ4v) is 5.18. The van der Waals surface area contributed by atoms with E-state index >= 15 is 4.39 Å². The second-order valence-electron chi connectivity index (χ2n) is 13.6. The van der Waals surface area contributed by atoms with E-state index in [0.717, 1.165) is 34.4 Å². The van der Waals surface area contributed by atoms with Gasteiger partial charge in [0.1, 0.15) is 12.1 Å². The number of carbonyl (C=O) groups excluding carboxylic acids is 2. The molecule has 0 bridgehead atoms. The van der Waals surface area contributed by atoms with Gasteiger partial charge in [0.05, 0.1) is 35.6 Å². The first-order valence-electron chi connectivity index (χ1n) is 17.1. The normalized spacial score (nSPS) is 17.6. The number of ether oxygens (including phenoxy) is 1. The molecule has 306 valence electrons. The van der Waals surface area contributed by atoms with Crippen molar-refractivity contribution in [1.29, 1.82) is 0 Å². The number of methoxy groups -OCH3 is 1. The van der Waals surface area contributed by atoms with E-state index in [0.29, 0.717) is 22.1 Å². The number of carbonyl (C=O) groups is 2. The first-order chi connectivity index (χ1) is 26.3. The third-order valence-corrected chi connectivity index (χ3v) is 7.80. The Kier molecular flexibility index (Phi) is 15.6. The van der Waals surface area contributed by atoms with Gasteiger partial charge >= 0.3 is 6.55 Å². The molecule has 0 spiro atoms. The molecule has 1 aliphatic heterocycles. The second-order valence-corrected chi connectivity index (χ2v) is 14.0. The highest BCUT2D eigenvalue weighted by Crippen LogP contribution is 2.41. The molecule has 2 aromatic carbocycles. The molecule has 12 nitrogen and oxygen atoms in total. The van der Waals surface area contributed by atoms with E-state index in [9.17, 15) is 35.9 Å². The summed E-state index contributed by atoms with van der Waals surface area (Å²) in [5.74, 6) is -4.82. The van der Waals surface area contributed by atoms with E-state index in [1.807, 2.05) is 19.2 Å². The number of alkyl halides is 6. The van der Waals surface area contributed by atoms with Crippen molar-refractivity contribution in [1.82, 2.24) is 34.8 Å². The van der Waals surface area contributed by atoms with Crippen molar-refractivity contribution < 1.29 is 45.1 Å². The Morgan fingerprint density at radius 1 is 1.09 bits per heavy atom. The van der Waals surface area contributed by atoms with Gasteiger partial charge in [-0.15, -0.1) is 0 Å².